The molecule has 2 N–H and O–H groups in total. The minimum Gasteiger partial charge on any atom is -0.388 e. The molecule has 0 fully saturated rings. The number of nitrogens with zero attached hydrogens (tertiary/aromatic N) is 3. The van der Waals surface area contributed by atoms with E-state index in [0.717, 1.165) is 6.42 Å². The van der Waals surface area contributed by atoms with Gasteiger partial charge in [0.2, 0.25) is 5.82 Å². The van der Waals surface area contributed by atoms with Crippen molar-refractivity contribution < 1.29 is 10.0 Å². The highest BCUT2D eigenvalue weighted by Crippen LogP contribution is 2.29. The van der Waals surface area contributed by atoms with Gasteiger partial charge in [0.05, 0.1) is 10.5 Å². The second-order valence-electron chi connectivity index (χ2n) is 6.22. The van der Waals surface area contributed by atoms with Crippen LogP contribution in [0, 0.1) is 16.0 Å². The first-order chi connectivity index (χ1) is 9.68. The van der Waals surface area contributed by atoms with Crippen molar-refractivity contribution in [3.8, 4) is 0 Å². The van der Waals surface area contributed by atoms with Gasteiger partial charge in [-0.15, -0.1) is 0 Å². The lowest BCUT2D eigenvalue weighted by atomic mass is 9.94. The third kappa shape index (κ3) is 4.70. The van der Waals surface area contributed by atoms with Crippen molar-refractivity contribution in [3.63, 3.8) is 0 Å². The Bertz CT molecular complexity index is 495. The third-order valence-electron chi connectivity index (χ3n) is 3.25. The first-order valence-corrected chi connectivity index (χ1v) is 7.34. The number of aryl methyl sites for hydroxylation is 2. The Labute approximate surface area is 125 Å². The Morgan fingerprint density at radius 1 is 1.52 bits per heavy atom. The summed E-state index contributed by atoms with van der Waals surface area (Å²) in [5.74, 6) is 0.700. The smallest absolute Gasteiger partial charge is 0.333 e. The molecule has 21 heavy (non-hydrogen) atoms. The molecule has 0 amide bonds. The van der Waals surface area contributed by atoms with Gasteiger partial charge in [-0.05, 0) is 25.7 Å². The molecule has 0 aliphatic rings. The minimum absolute atomic E-state index is 0.0136. The molecule has 1 atom stereocenters. The summed E-state index contributed by atoms with van der Waals surface area (Å²) in [6.07, 6.45) is 1.98. The molecular formula is C14H26N4O3. The molecule has 0 bridgehead atoms. The van der Waals surface area contributed by atoms with E-state index in [1.165, 1.54) is 4.68 Å². The Morgan fingerprint density at radius 2 is 2.14 bits per heavy atom. The van der Waals surface area contributed by atoms with Crippen LogP contribution in [0.1, 0.15) is 46.2 Å². The summed E-state index contributed by atoms with van der Waals surface area (Å²) in [5, 5.41) is 28.8. The number of nitro groups is 1. The van der Waals surface area contributed by atoms with E-state index in [-0.39, 0.29) is 12.2 Å². The van der Waals surface area contributed by atoms with Crippen molar-refractivity contribution in [2.75, 3.05) is 11.9 Å². The van der Waals surface area contributed by atoms with Crippen molar-refractivity contribution in [1.29, 1.82) is 0 Å². The van der Waals surface area contributed by atoms with E-state index in [1.807, 2.05) is 20.8 Å². The van der Waals surface area contributed by atoms with Crippen LogP contribution < -0.4 is 5.32 Å². The van der Waals surface area contributed by atoms with Gasteiger partial charge in [-0.25, -0.2) is 4.68 Å². The molecule has 120 valence electrons. The molecule has 0 saturated carbocycles. The standard InChI is InChI=1S/C14H26N4O3/c1-6-7-11-12(18(20)21)13(17(5)16-11)15-9-14(4,19)8-10(2)3/h10,15,19H,6-9H2,1-5H3. The van der Waals surface area contributed by atoms with Gasteiger partial charge in [0, 0.05) is 13.6 Å². The molecule has 0 aromatic carbocycles. The van der Waals surface area contributed by atoms with Crippen LogP contribution in [0.15, 0.2) is 0 Å². The second-order valence-corrected chi connectivity index (χ2v) is 6.22. The SMILES string of the molecule is CCCc1nn(C)c(NCC(C)(O)CC(C)C)c1[N+](=O)[O-]. The van der Waals surface area contributed by atoms with E-state index in [9.17, 15) is 15.2 Å². The molecule has 0 aliphatic heterocycles. The fourth-order valence-corrected chi connectivity index (χ4v) is 2.59. The van der Waals surface area contributed by atoms with Gasteiger partial charge in [-0.3, -0.25) is 10.1 Å². The molecule has 7 heteroatoms. The summed E-state index contributed by atoms with van der Waals surface area (Å²) in [5.41, 5.74) is -0.423. The van der Waals surface area contributed by atoms with Crippen molar-refractivity contribution >= 4 is 11.5 Å². The van der Waals surface area contributed by atoms with Crippen LogP contribution in [0.5, 0.6) is 0 Å². The van der Waals surface area contributed by atoms with Gasteiger partial charge in [0.25, 0.3) is 0 Å². The van der Waals surface area contributed by atoms with Crippen molar-refractivity contribution in [2.45, 2.75) is 52.6 Å². The number of aromatic nitrogens is 2. The number of nitrogens with one attached hydrogen (secondary N) is 1. The minimum atomic E-state index is -0.919. The van der Waals surface area contributed by atoms with E-state index in [4.69, 9.17) is 0 Å². The van der Waals surface area contributed by atoms with Crippen LogP contribution in [0.25, 0.3) is 0 Å². The molecule has 0 aliphatic carbocycles. The first-order valence-electron chi connectivity index (χ1n) is 7.34. The van der Waals surface area contributed by atoms with Gasteiger partial charge in [0.1, 0.15) is 5.69 Å². The number of rotatable bonds is 8. The largest absolute Gasteiger partial charge is 0.388 e. The lowest BCUT2D eigenvalue weighted by molar-refractivity contribution is -0.384. The molecule has 1 unspecified atom stereocenters. The maximum atomic E-state index is 11.3. The number of hydrogen-bond acceptors (Lipinski definition) is 5. The van der Waals surface area contributed by atoms with Crippen molar-refractivity contribution in [2.24, 2.45) is 13.0 Å². The second kappa shape index (κ2) is 6.89. The van der Waals surface area contributed by atoms with E-state index in [0.29, 0.717) is 30.3 Å². The first kappa shape index (κ1) is 17.4. The molecule has 1 rings (SSSR count). The summed E-state index contributed by atoms with van der Waals surface area (Å²) in [6, 6.07) is 0. The highest BCUT2D eigenvalue weighted by Gasteiger charge is 2.28. The van der Waals surface area contributed by atoms with E-state index in [1.54, 1.807) is 14.0 Å². The predicted octanol–water partition coefficient (Wildman–Crippen LogP) is 2.49. The molecule has 1 aromatic heterocycles. The zero-order valence-electron chi connectivity index (χ0n) is 13.5. The molecular weight excluding hydrogens is 272 g/mol. The fourth-order valence-electron chi connectivity index (χ4n) is 2.59. The Kier molecular flexibility index (Phi) is 5.71. The average Bonchev–Trinajstić information content (AvgIpc) is 2.62. The van der Waals surface area contributed by atoms with Gasteiger partial charge in [-0.2, -0.15) is 5.10 Å². The summed E-state index contributed by atoms with van der Waals surface area (Å²) in [7, 11) is 1.67. The lowest BCUT2D eigenvalue weighted by Crippen LogP contribution is -2.35. The molecule has 0 saturated heterocycles. The number of aliphatic hydroxyl groups is 1. The highest BCUT2D eigenvalue weighted by atomic mass is 16.6. The van der Waals surface area contributed by atoms with E-state index < -0.39 is 10.5 Å². The predicted molar refractivity (Wildman–Crippen MR) is 82.4 cm³/mol. The summed E-state index contributed by atoms with van der Waals surface area (Å²) in [4.78, 5) is 10.9. The zero-order valence-corrected chi connectivity index (χ0v) is 13.5. The normalized spacial score (nSPS) is 14.2. The van der Waals surface area contributed by atoms with Gasteiger partial charge < -0.3 is 10.4 Å². The van der Waals surface area contributed by atoms with E-state index in [2.05, 4.69) is 10.4 Å². The van der Waals surface area contributed by atoms with E-state index >= 15 is 0 Å². The topological polar surface area (TPSA) is 93.2 Å². The monoisotopic (exact) mass is 298 g/mol. The van der Waals surface area contributed by atoms with Gasteiger partial charge in [-0.1, -0.05) is 27.2 Å². The Balaban J connectivity index is 2.95. The van der Waals surface area contributed by atoms with Crippen LogP contribution in [0.2, 0.25) is 0 Å². The molecule has 7 nitrogen and oxygen atoms in total. The molecule has 1 heterocycles. The lowest BCUT2D eigenvalue weighted by Gasteiger charge is -2.25. The maximum Gasteiger partial charge on any atom is 0.333 e. The average molecular weight is 298 g/mol. The number of hydrogen-bond donors (Lipinski definition) is 2. The fraction of sp³-hybridized carbons (Fsp3) is 0.786. The summed E-state index contributed by atoms with van der Waals surface area (Å²) < 4.78 is 1.48. The maximum absolute atomic E-state index is 11.3. The molecule has 0 radical (unpaired) electrons. The third-order valence-corrected chi connectivity index (χ3v) is 3.25. The van der Waals surface area contributed by atoms with Crippen LogP contribution >= 0.6 is 0 Å². The number of anilines is 1. The molecule has 1 aromatic rings. The quantitative estimate of drug-likeness (QED) is 0.568. The molecule has 0 spiro atoms. The van der Waals surface area contributed by atoms with Crippen molar-refractivity contribution in [3.05, 3.63) is 15.8 Å². The van der Waals surface area contributed by atoms with Crippen LogP contribution in [0.3, 0.4) is 0 Å². The van der Waals surface area contributed by atoms with Crippen molar-refractivity contribution in [1.82, 2.24) is 9.78 Å². The van der Waals surface area contributed by atoms with Crippen LogP contribution in [-0.4, -0.2) is 32.0 Å². The summed E-state index contributed by atoms with van der Waals surface area (Å²) >= 11 is 0. The van der Waals surface area contributed by atoms with Gasteiger partial charge >= 0.3 is 5.69 Å². The van der Waals surface area contributed by atoms with Gasteiger partial charge in [0.15, 0.2) is 0 Å². The Hall–Kier alpha value is -1.63. The van der Waals surface area contributed by atoms with Crippen LogP contribution in [0.4, 0.5) is 11.5 Å². The zero-order chi connectivity index (χ0) is 16.2. The summed E-state index contributed by atoms with van der Waals surface area (Å²) in [6.45, 7) is 7.99. The Morgan fingerprint density at radius 3 is 2.62 bits per heavy atom. The highest BCUT2D eigenvalue weighted by molar-refractivity contribution is 5.60. The van der Waals surface area contributed by atoms with Crippen LogP contribution in [-0.2, 0) is 13.5 Å².